The molecule has 0 bridgehead atoms. The number of fused-ring (bicyclic) bond motifs is 1. The molecular formula is C28H25FN10O3S3. The van der Waals surface area contributed by atoms with Gasteiger partial charge in [0.05, 0.1) is 29.0 Å². The van der Waals surface area contributed by atoms with Crippen molar-refractivity contribution in [3.8, 4) is 11.3 Å². The summed E-state index contributed by atoms with van der Waals surface area (Å²) in [4.78, 5) is 38.5. The summed E-state index contributed by atoms with van der Waals surface area (Å²) in [7, 11) is -4.05. The van der Waals surface area contributed by atoms with Crippen LogP contribution >= 0.6 is 22.7 Å². The van der Waals surface area contributed by atoms with Crippen LogP contribution in [0, 0.1) is 12.7 Å². The Hall–Kier alpha value is -4.58. The Balaban J connectivity index is 1.30. The van der Waals surface area contributed by atoms with Crippen molar-refractivity contribution in [3.63, 3.8) is 0 Å². The monoisotopic (exact) mass is 664 g/mol. The molecule has 1 aliphatic heterocycles. The van der Waals surface area contributed by atoms with Gasteiger partial charge in [-0.05, 0) is 31.2 Å². The number of pyridine rings is 1. The quantitative estimate of drug-likeness (QED) is 0.246. The van der Waals surface area contributed by atoms with E-state index < -0.39 is 15.6 Å². The van der Waals surface area contributed by atoms with Gasteiger partial charge in [0.25, 0.3) is 15.6 Å². The van der Waals surface area contributed by atoms with Gasteiger partial charge in [0, 0.05) is 72.3 Å². The highest BCUT2D eigenvalue weighted by Crippen LogP contribution is 2.28. The second kappa shape index (κ2) is 11.7. The highest BCUT2D eigenvalue weighted by atomic mass is 32.2. The van der Waals surface area contributed by atoms with Crippen LogP contribution in [-0.4, -0.2) is 68.1 Å². The minimum Gasteiger partial charge on any atom is -0.367 e. The first kappa shape index (κ1) is 29.1. The van der Waals surface area contributed by atoms with Crippen molar-refractivity contribution >= 4 is 61.1 Å². The maximum Gasteiger partial charge on any atom is 0.296 e. The van der Waals surface area contributed by atoms with Crippen LogP contribution in [-0.2, 0) is 16.6 Å². The number of hydrogen-bond acceptors (Lipinski definition) is 13. The van der Waals surface area contributed by atoms with Crippen molar-refractivity contribution in [2.45, 2.75) is 17.8 Å². The zero-order valence-corrected chi connectivity index (χ0v) is 26.2. The fraction of sp³-hybridized carbons (Fsp3) is 0.214. The Morgan fingerprint density at radius 2 is 1.91 bits per heavy atom. The van der Waals surface area contributed by atoms with Crippen LogP contribution in [0.15, 0.2) is 69.1 Å². The zero-order valence-electron chi connectivity index (χ0n) is 23.7. The van der Waals surface area contributed by atoms with Gasteiger partial charge in [-0.15, -0.1) is 22.7 Å². The molecule has 0 saturated carbocycles. The molecule has 7 rings (SSSR count). The van der Waals surface area contributed by atoms with Gasteiger partial charge >= 0.3 is 0 Å². The number of nitrogens with zero attached hydrogens (tertiary/aromatic N) is 8. The number of imidazole rings is 1. The molecule has 6 heterocycles. The molecule has 6 aromatic rings. The van der Waals surface area contributed by atoms with Crippen LogP contribution in [0.1, 0.15) is 10.7 Å². The number of aromatic nitrogens is 7. The molecule has 1 aromatic carbocycles. The van der Waals surface area contributed by atoms with Crippen LogP contribution in [0.3, 0.4) is 0 Å². The third-order valence-electron chi connectivity index (χ3n) is 7.36. The summed E-state index contributed by atoms with van der Waals surface area (Å²) in [5.41, 5.74) is 3.23. The number of thiazole rings is 2. The van der Waals surface area contributed by atoms with Crippen molar-refractivity contribution in [2.24, 2.45) is 0 Å². The maximum atomic E-state index is 15.1. The largest absolute Gasteiger partial charge is 0.367 e. The number of nitrogens with one attached hydrogen (secondary N) is 2. The van der Waals surface area contributed by atoms with E-state index in [1.54, 1.807) is 35.3 Å². The fourth-order valence-electron chi connectivity index (χ4n) is 5.19. The number of hydrogen-bond donors (Lipinski definition) is 2. The van der Waals surface area contributed by atoms with Gasteiger partial charge in [-0.2, -0.15) is 13.4 Å². The standard InChI is InChI=1S/C28H25FN10O3S3/c1-17-24(34-16-44-17)20-12-18-14-33-27(35-19-2-3-22(21(29)13-19)37-8-4-30-5-9-37)36-25(18)38(26(20)40)15-23-31-6-10-39(23)45(41,42)28-32-7-11-43-28/h2-3,6-7,10-14,16,30H,4-5,8-9,15H2,1H3,(H,33,35,36). The Bertz CT molecular complexity index is 2190. The first-order valence-electron chi connectivity index (χ1n) is 13.8. The minimum absolute atomic E-state index is 0.0828. The summed E-state index contributed by atoms with van der Waals surface area (Å²) >= 11 is 2.38. The van der Waals surface area contributed by atoms with Crippen molar-refractivity contribution < 1.29 is 12.8 Å². The Morgan fingerprint density at radius 3 is 2.64 bits per heavy atom. The first-order valence-corrected chi connectivity index (χ1v) is 17.0. The normalized spacial score (nSPS) is 13.9. The molecule has 0 unspecified atom stereocenters. The lowest BCUT2D eigenvalue weighted by Crippen LogP contribution is -2.43. The second-order valence-corrected chi connectivity index (χ2v) is 14.1. The van der Waals surface area contributed by atoms with Crippen molar-refractivity contribution in [1.29, 1.82) is 0 Å². The van der Waals surface area contributed by atoms with Crippen LogP contribution in [0.4, 0.5) is 21.7 Å². The maximum absolute atomic E-state index is 15.1. The van der Waals surface area contributed by atoms with Crippen molar-refractivity contribution in [3.05, 3.63) is 86.8 Å². The van der Waals surface area contributed by atoms with E-state index >= 15 is 4.39 Å². The highest BCUT2D eigenvalue weighted by Gasteiger charge is 2.25. The molecule has 13 nitrogen and oxygen atoms in total. The summed E-state index contributed by atoms with van der Waals surface area (Å²) in [5, 5.41) is 8.38. The van der Waals surface area contributed by atoms with Gasteiger partial charge in [-0.3, -0.25) is 9.36 Å². The zero-order chi connectivity index (χ0) is 31.1. The van der Waals surface area contributed by atoms with E-state index in [2.05, 4.69) is 35.6 Å². The molecule has 17 heteroatoms. The minimum atomic E-state index is -4.05. The van der Waals surface area contributed by atoms with Gasteiger partial charge in [0.15, 0.2) is 0 Å². The predicted molar refractivity (Wildman–Crippen MR) is 170 cm³/mol. The lowest BCUT2D eigenvalue weighted by atomic mass is 10.1. The third-order valence-corrected chi connectivity index (χ3v) is 11.0. The lowest BCUT2D eigenvalue weighted by Gasteiger charge is -2.29. The molecule has 1 aliphatic rings. The number of benzene rings is 1. The fourth-order valence-corrected chi connectivity index (χ4v) is 7.99. The topological polar surface area (TPSA) is 153 Å². The van der Waals surface area contributed by atoms with Crippen molar-refractivity contribution in [1.82, 2.24) is 38.8 Å². The van der Waals surface area contributed by atoms with Gasteiger partial charge in [0.2, 0.25) is 10.3 Å². The molecule has 1 fully saturated rings. The molecule has 0 amide bonds. The highest BCUT2D eigenvalue weighted by molar-refractivity contribution is 7.91. The van der Waals surface area contributed by atoms with E-state index in [4.69, 9.17) is 0 Å². The van der Waals surface area contributed by atoms with Crippen molar-refractivity contribution in [2.75, 3.05) is 36.4 Å². The first-order chi connectivity index (χ1) is 21.8. The predicted octanol–water partition coefficient (Wildman–Crippen LogP) is 3.45. The number of anilines is 3. The summed E-state index contributed by atoms with van der Waals surface area (Å²) in [5.74, 6) is -0.170. The molecule has 2 N–H and O–H groups in total. The van der Waals surface area contributed by atoms with Gasteiger partial charge in [-0.25, -0.2) is 28.3 Å². The number of rotatable bonds is 8. The van der Waals surface area contributed by atoms with Crippen LogP contribution < -0.4 is 21.1 Å². The molecule has 0 spiro atoms. The summed E-state index contributed by atoms with van der Waals surface area (Å²) in [6, 6.07) is 6.51. The third kappa shape index (κ3) is 5.47. The molecule has 230 valence electrons. The van der Waals surface area contributed by atoms with E-state index in [-0.39, 0.29) is 34.1 Å². The average Bonchev–Trinajstić information content (AvgIpc) is 3.82. The Labute approximate surface area is 264 Å². The van der Waals surface area contributed by atoms with Gasteiger partial charge in [-0.1, -0.05) is 0 Å². The SMILES string of the molecule is Cc1scnc1-c1cc2cnc(Nc3ccc(N4CCNCC4)c(F)c3)nc2n(Cc2nccn2S(=O)(=O)c2nccs2)c1=O. The van der Waals surface area contributed by atoms with Crippen LogP contribution in [0.2, 0.25) is 0 Å². The van der Waals surface area contributed by atoms with E-state index in [9.17, 15) is 13.2 Å². The summed E-state index contributed by atoms with van der Waals surface area (Å²) < 4.78 is 44.0. The molecule has 0 aliphatic carbocycles. The van der Waals surface area contributed by atoms with E-state index in [0.29, 0.717) is 41.1 Å². The molecule has 0 radical (unpaired) electrons. The van der Waals surface area contributed by atoms with Gasteiger partial charge in [0.1, 0.15) is 17.3 Å². The molecular weight excluding hydrogens is 640 g/mol. The van der Waals surface area contributed by atoms with Gasteiger partial charge < -0.3 is 15.5 Å². The van der Waals surface area contributed by atoms with E-state index in [0.717, 1.165) is 33.3 Å². The number of halogens is 1. The molecule has 5 aromatic heterocycles. The molecule has 45 heavy (non-hydrogen) atoms. The summed E-state index contributed by atoms with van der Waals surface area (Å²) in [6.45, 7) is 4.63. The lowest BCUT2D eigenvalue weighted by molar-refractivity contribution is 0.566. The van der Waals surface area contributed by atoms with Crippen LogP contribution in [0.5, 0.6) is 0 Å². The van der Waals surface area contributed by atoms with E-state index in [1.165, 1.54) is 40.6 Å². The number of piperazine rings is 1. The smallest absolute Gasteiger partial charge is 0.296 e. The van der Waals surface area contributed by atoms with Crippen LogP contribution in [0.25, 0.3) is 22.3 Å². The Kier molecular flexibility index (Phi) is 7.60. The second-order valence-electron chi connectivity index (χ2n) is 10.1. The molecule has 1 saturated heterocycles. The molecule has 0 atom stereocenters. The Morgan fingerprint density at radius 1 is 1.07 bits per heavy atom. The summed E-state index contributed by atoms with van der Waals surface area (Å²) in [6.07, 6.45) is 5.62. The average molecular weight is 665 g/mol. The number of aryl methyl sites for hydroxylation is 1. The van der Waals surface area contributed by atoms with E-state index in [1.807, 2.05) is 11.8 Å².